The zero-order chi connectivity index (χ0) is 7.98. The fourth-order valence-corrected chi connectivity index (χ4v) is 0.515. The van der Waals surface area contributed by atoms with E-state index >= 15 is 0 Å². The first-order chi connectivity index (χ1) is 4.79. The van der Waals surface area contributed by atoms with Gasteiger partial charge in [-0.15, -0.1) is 6.07 Å². The third kappa shape index (κ3) is 8.22. The van der Waals surface area contributed by atoms with Crippen molar-refractivity contribution in [3.63, 3.8) is 0 Å². The summed E-state index contributed by atoms with van der Waals surface area (Å²) >= 11 is 0. The average molecular weight is 240 g/mol. The molecule has 1 rings (SSSR count). The van der Waals surface area contributed by atoms with Gasteiger partial charge in [-0.2, -0.15) is 23.8 Å². The largest absolute Gasteiger partial charge is 0.420 e. The molecule has 67 valence electrons. The van der Waals surface area contributed by atoms with Crippen LogP contribution in [0.25, 0.3) is 0 Å². The molecule has 0 spiro atoms. The molecule has 0 aliphatic carbocycles. The topological polar surface area (TPSA) is 26.0 Å². The van der Waals surface area contributed by atoms with Gasteiger partial charge in [-0.05, 0) is 0 Å². The summed E-state index contributed by atoms with van der Waals surface area (Å²) in [7, 11) is 0. The van der Waals surface area contributed by atoms with Gasteiger partial charge in [-0.3, -0.25) is 0 Å². The predicted molar refractivity (Wildman–Crippen MR) is 52.2 cm³/mol. The third-order valence-electron chi connectivity index (χ3n) is 0.992. The molecule has 1 aromatic carbocycles. The standard InChI is InChI=1S/C7H8N.C2H6.CH3.Y/c1-6-2-4-7(8)5-3-6;1-2;;/h2-4H,8H2,1H3;1-2H3;1H3;/q-1;;-1;. The molecule has 0 saturated heterocycles. The van der Waals surface area contributed by atoms with Crippen molar-refractivity contribution in [1.82, 2.24) is 0 Å². The Hall–Kier alpha value is 0.124. The number of nitrogens with two attached hydrogens (primary N) is 1. The van der Waals surface area contributed by atoms with E-state index in [4.69, 9.17) is 5.73 Å². The minimum atomic E-state index is 0. The molecule has 1 nitrogen and oxygen atoms in total. The van der Waals surface area contributed by atoms with E-state index < -0.39 is 0 Å². The van der Waals surface area contributed by atoms with Gasteiger partial charge in [0.2, 0.25) is 0 Å². The van der Waals surface area contributed by atoms with Gasteiger partial charge in [0.1, 0.15) is 0 Å². The summed E-state index contributed by atoms with van der Waals surface area (Å²) in [6, 6.07) is 8.55. The second kappa shape index (κ2) is 11.1. The average Bonchev–Trinajstić information content (AvgIpc) is 2.00. The first-order valence-electron chi connectivity index (χ1n) is 3.53. The number of hydrogen-bond donors (Lipinski definition) is 1. The molecule has 0 aliphatic rings. The molecule has 2 N–H and O–H groups in total. The van der Waals surface area contributed by atoms with Gasteiger partial charge in [0, 0.05) is 32.7 Å². The summed E-state index contributed by atoms with van der Waals surface area (Å²) in [4.78, 5) is 0. The molecular formula is C10H17NY-2. The molecule has 0 heterocycles. The van der Waals surface area contributed by atoms with E-state index in [0.717, 1.165) is 0 Å². The van der Waals surface area contributed by atoms with Gasteiger partial charge in [0.15, 0.2) is 0 Å². The summed E-state index contributed by atoms with van der Waals surface area (Å²) in [6.45, 7) is 6.01. The van der Waals surface area contributed by atoms with E-state index in [1.54, 1.807) is 0 Å². The summed E-state index contributed by atoms with van der Waals surface area (Å²) in [5.74, 6) is 0. The fourth-order valence-electron chi connectivity index (χ4n) is 0.515. The van der Waals surface area contributed by atoms with Gasteiger partial charge in [-0.25, -0.2) is 0 Å². The molecule has 0 aliphatic heterocycles. The van der Waals surface area contributed by atoms with Crippen LogP contribution in [0.1, 0.15) is 19.4 Å². The maximum Gasteiger partial charge on any atom is 0 e. The number of hydrogen-bond acceptors (Lipinski definition) is 1. The number of aryl methyl sites for hydroxylation is 1. The molecule has 1 aromatic rings. The van der Waals surface area contributed by atoms with Crippen molar-refractivity contribution in [2.45, 2.75) is 20.8 Å². The zero-order valence-corrected chi connectivity index (χ0v) is 11.2. The first kappa shape index (κ1) is 18.0. The smallest absolute Gasteiger partial charge is 0 e. The van der Waals surface area contributed by atoms with Crippen LogP contribution in [-0.2, 0) is 32.7 Å². The van der Waals surface area contributed by atoms with Gasteiger partial charge in [-0.1, -0.05) is 26.5 Å². The molecule has 12 heavy (non-hydrogen) atoms. The van der Waals surface area contributed by atoms with Crippen LogP contribution in [-0.4, -0.2) is 0 Å². The minimum Gasteiger partial charge on any atom is -0.420 e. The third-order valence-corrected chi connectivity index (χ3v) is 0.992. The molecule has 0 amide bonds. The summed E-state index contributed by atoms with van der Waals surface area (Å²) in [6.07, 6.45) is 0. The minimum absolute atomic E-state index is 0. The van der Waals surface area contributed by atoms with Crippen LogP contribution >= 0.6 is 0 Å². The molecule has 0 aromatic heterocycles. The Bertz CT molecular complexity index is 149. The van der Waals surface area contributed by atoms with Crippen molar-refractivity contribution in [3.05, 3.63) is 37.3 Å². The van der Waals surface area contributed by atoms with Crippen molar-refractivity contribution in [2.24, 2.45) is 0 Å². The van der Waals surface area contributed by atoms with Crippen molar-refractivity contribution < 1.29 is 32.7 Å². The van der Waals surface area contributed by atoms with Crippen molar-refractivity contribution in [2.75, 3.05) is 5.73 Å². The second-order valence-corrected chi connectivity index (χ2v) is 1.82. The fraction of sp³-hybridized carbons (Fsp3) is 0.300. The second-order valence-electron chi connectivity index (χ2n) is 1.82. The SMILES string of the molecule is CC.Cc1c[c-]c(N)cc1.[CH3-].[Y]. The monoisotopic (exact) mass is 240 g/mol. The van der Waals surface area contributed by atoms with E-state index in [2.05, 4.69) is 6.07 Å². The number of benzene rings is 1. The van der Waals surface area contributed by atoms with E-state index in [1.165, 1.54) is 5.56 Å². The maximum atomic E-state index is 5.37. The molecule has 0 saturated carbocycles. The van der Waals surface area contributed by atoms with Crippen molar-refractivity contribution >= 4 is 5.69 Å². The summed E-state index contributed by atoms with van der Waals surface area (Å²) in [5.41, 5.74) is 7.27. The maximum absolute atomic E-state index is 5.37. The number of rotatable bonds is 0. The van der Waals surface area contributed by atoms with Gasteiger partial charge in [0.25, 0.3) is 0 Å². The predicted octanol–water partition coefficient (Wildman–Crippen LogP) is 2.85. The van der Waals surface area contributed by atoms with Crippen LogP contribution in [0.4, 0.5) is 5.69 Å². The molecule has 0 bridgehead atoms. The van der Waals surface area contributed by atoms with E-state index in [0.29, 0.717) is 5.69 Å². The normalized spacial score (nSPS) is 6.58. The summed E-state index contributed by atoms with van der Waals surface area (Å²) in [5, 5.41) is 0. The molecule has 0 fully saturated rings. The first-order valence-corrected chi connectivity index (χ1v) is 3.53. The van der Waals surface area contributed by atoms with Crippen LogP contribution < -0.4 is 5.73 Å². The Balaban J connectivity index is -0.000000189. The zero-order valence-electron chi connectivity index (χ0n) is 8.39. The van der Waals surface area contributed by atoms with Crippen LogP contribution in [0.3, 0.4) is 0 Å². The molecule has 0 atom stereocenters. The Kier molecular flexibility index (Phi) is 16.7. The Morgan fingerprint density at radius 3 is 2.00 bits per heavy atom. The van der Waals surface area contributed by atoms with Crippen LogP contribution in [0, 0.1) is 20.4 Å². The van der Waals surface area contributed by atoms with E-state index in [-0.39, 0.29) is 40.1 Å². The van der Waals surface area contributed by atoms with E-state index in [1.807, 2.05) is 39.0 Å². The molecular weight excluding hydrogens is 223 g/mol. The van der Waals surface area contributed by atoms with E-state index in [9.17, 15) is 0 Å². The van der Waals surface area contributed by atoms with Crippen molar-refractivity contribution in [1.29, 1.82) is 0 Å². The van der Waals surface area contributed by atoms with Crippen molar-refractivity contribution in [3.8, 4) is 0 Å². The summed E-state index contributed by atoms with van der Waals surface area (Å²) < 4.78 is 0. The van der Waals surface area contributed by atoms with Gasteiger partial charge in [0.05, 0.1) is 0 Å². The number of anilines is 1. The van der Waals surface area contributed by atoms with Gasteiger partial charge < -0.3 is 13.2 Å². The van der Waals surface area contributed by atoms with Gasteiger partial charge >= 0.3 is 0 Å². The molecule has 2 heteroatoms. The molecule has 1 radical (unpaired) electrons. The number of nitrogen functional groups attached to an aromatic ring is 1. The Morgan fingerprint density at radius 1 is 1.25 bits per heavy atom. The Morgan fingerprint density at radius 2 is 1.75 bits per heavy atom. The van der Waals surface area contributed by atoms with Crippen LogP contribution in [0.15, 0.2) is 18.2 Å². The quantitative estimate of drug-likeness (QED) is 0.547. The molecule has 0 unspecified atom stereocenters. The van der Waals surface area contributed by atoms with Crippen LogP contribution in [0.5, 0.6) is 0 Å². The van der Waals surface area contributed by atoms with Crippen LogP contribution in [0.2, 0.25) is 0 Å². The Labute approximate surface area is 102 Å².